The monoisotopic (exact) mass is 322 g/mol. The quantitative estimate of drug-likeness (QED) is 0.812. The number of amides is 2. The fourth-order valence-electron chi connectivity index (χ4n) is 2.94. The first-order valence-electron chi connectivity index (χ1n) is 7.47. The Hall–Kier alpha value is -3.22. The van der Waals surface area contributed by atoms with Gasteiger partial charge in [-0.15, -0.1) is 0 Å². The second-order valence-corrected chi connectivity index (χ2v) is 5.48. The van der Waals surface area contributed by atoms with E-state index in [0.717, 1.165) is 5.69 Å². The van der Waals surface area contributed by atoms with E-state index in [-0.39, 0.29) is 11.8 Å². The maximum absolute atomic E-state index is 12.8. The van der Waals surface area contributed by atoms with Crippen LogP contribution in [-0.2, 0) is 9.59 Å². The number of carbonyl (C=O) groups is 2. The highest BCUT2D eigenvalue weighted by Gasteiger charge is 2.55. The molecule has 2 aliphatic rings. The molecule has 7 nitrogen and oxygen atoms in total. The molecule has 7 heteroatoms. The van der Waals surface area contributed by atoms with E-state index < -0.39 is 12.1 Å². The highest BCUT2D eigenvalue weighted by atomic mass is 16.5. The van der Waals surface area contributed by atoms with Crippen LogP contribution in [0.2, 0.25) is 0 Å². The number of hydrogen-bond donors (Lipinski definition) is 0. The van der Waals surface area contributed by atoms with Crippen molar-refractivity contribution < 1.29 is 14.3 Å². The van der Waals surface area contributed by atoms with Crippen molar-refractivity contribution in [3.63, 3.8) is 0 Å². The Morgan fingerprint density at radius 1 is 0.917 bits per heavy atom. The van der Waals surface area contributed by atoms with E-state index in [1.165, 1.54) is 9.91 Å². The summed E-state index contributed by atoms with van der Waals surface area (Å²) in [4.78, 5) is 26.6. The molecule has 0 bridgehead atoms. The third-order valence-electron chi connectivity index (χ3n) is 4.13. The minimum Gasteiger partial charge on any atom is -0.497 e. The molecule has 1 fully saturated rings. The standard InChI is InChI=1S/C17H14N4O3/c1-24-13-9-7-11(8-10-13)20-16(22)14-15(17(20)23)21(19-18-14)12-5-3-2-4-6-12/h2-10,14-15H,1H3/t14-,15+/m0/s1. The molecule has 2 heterocycles. The van der Waals surface area contributed by atoms with E-state index in [4.69, 9.17) is 4.74 Å². The van der Waals surface area contributed by atoms with E-state index in [1.807, 2.05) is 30.3 Å². The molecule has 0 spiro atoms. The predicted octanol–water partition coefficient (Wildman–Crippen LogP) is 2.19. The molecule has 2 aromatic carbocycles. The number of hydrogen-bond acceptors (Lipinski definition) is 6. The van der Waals surface area contributed by atoms with Gasteiger partial charge in [0.2, 0.25) is 0 Å². The van der Waals surface area contributed by atoms with Gasteiger partial charge in [-0.25, -0.2) is 9.91 Å². The lowest BCUT2D eigenvalue weighted by Crippen LogP contribution is -2.39. The smallest absolute Gasteiger partial charge is 0.263 e. The van der Waals surface area contributed by atoms with Gasteiger partial charge < -0.3 is 4.74 Å². The van der Waals surface area contributed by atoms with Crippen molar-refractivity contribution in [2.45, 2.75) is 12.1 Å². The summed E-state index contributed by atoms with van der Waals surface area (Å²) in [5.41, 5.74) is 1.23. The van der Waals surface area contributed by atoms with E-state index in [1.54, 1.807) is 31.4 Å². The lowest BCUT2D eigenvalue weighted by Gasteiger charge is -2.20. The molecule has 2 amide bonds. The number of para-hydroxylation sites is 1. The zero-order valence-electron chi connectivity index (χ0n) is 12.9. The van der Waals surface area contributed by atoms with Crippen LogP contribution in [0.25, 0.3) is 0 Å². The van der Waals surface area contributed by atoms with Gasteiger partial charge >= 0.3 is 0 Å². The van der Waals surface area contributed by atoms with E-state index in [2.05, 4.69) is 10.3 Å². The zero-order chi connectivity index (χ0) is 16.7. The predicted molar refractivity (Wildman–Crippen MR) is 86.8 cm³/mol. The van der Waals surface area contributed by atoms with Crippen molar-refractivity contribution in [1.82, 2.24) is 0 Å². The Balaban J connectivity index is 1.67. The maximum Gasteiger partial charge on any atom is 0.263 e. The number of fused-ring (bicyclic) bond motifs is 1. The lowest BCUT2D eigenvalue weighted by molar-refractivity contribution is -0.121. The number of nitrogens with zero attached hydrogens (tertiary/aromatic N) is 4. The summed E-state index contributed by atoms with van der Waals surface area (Å²) in [6.07, 6.45) is 0. The molecule has 24 heavy (non-hydrogen) atoms. The third kappa shape index (κ3) is 2.05. The van der Waals surface area contributed by atoms with Crippen molar-refractivity contribution in [2.24, 2.45) is 10.3 Å². The topological polar surface area (TPSA) is 74.6 Å². The molecule has 0 N–H and O–H groups in total. The molecule has 1 saturated heterocycles. The Morgan fingerprint density at radius 3 is 2.29 bits per heavy atom. The summed E-state index contributed by atoms with van der Waals surface area (Å²) in [7, 11) is 1.56. The average molecular weight is 322 g/mol. The molecule has 0 unspecified atom stereocenters. The van der Waals surface area contributed by atoms with Crippen molar-refractivity contribution >= 4 is 23.2 Å². The molecule has 0 aliphatic carbocycles. The van der Waals surface area contributed by atoms with Gasteiger partial charge in [0.25, 0.3) is 11.8 Å². The molecular weight excluding hydrogens is 308 g/mol. The van der Waals surface area contributed by atoms with E-state index in [0.29, 0.717) is 11.4 Å². The third-order valence-corrected chi connectivity index (χ3v) is 4.13. The zero-order valence-corrected chi connectivity index (χ0v) is 12.9. The van der Waals surface area contributed by atoms with Crippen molar-refractivity contribution in [2.75, 3.05) is 17.0 Å². The van der Waals surface area contributed by atoms with Crippen LogP contribution in [0.1, 0.15) is 0 Å². The molecule has 0 aromatic heterocycles. The Bertz CT molecular complexity index is 819. The highest BCUT2D eigenvalue weighted by molar-refractivity contribution is 6.26. The second-order valence-electron chi connectivity index (χ2n) is 5.48. The van der Waals surface area contributed by atoms with Crippen LogP contribution in [0, 0.1) is 0 Å². The molecular formula is C17H14N4O3. The summed E-state index contributed by atoms with van der Waals surface area (Å²) < 4.78 is 5.10. The fraction of sp³-hybridized carbons (Fsp3) is 0.176. The molecule has 0 saturated carbocycles. The fourth-order valence-corrected chi connectivity index (χ4v) is 2.94. The number of imide groups is 1. The van der Waals surface area contributed by atoms with Gasteiger partial charge in [0.15, 0.2) is 12.1 Å². The van der Waals surface area contributed by atoms with Gasteiger partial charge in [-0.2, -0.15) is 5.11 Å². The maximum atomic E-state index is 12.8. The normalized spacial score (nSPS) is 22.2. The van der Waals surface area contributed by atoms with Gasteiger partial charge in [0.05, 0.1) is 18.5 Å². The van der Waals surface area contributed by atoms with E-state index in [9.17, 15) is 9.59 Å². The van der Waals surface area contributed by atoms with Crippen LogP contribution in [0.4, 0.5) is 11.4 Å². The number of methoxy groups -OCH3 is 1. The van der Waals surface area contributed by atoms with Gasteiger partial charge in [0, 0.05) is 0 Å². The number of carbonyl (C=O) groups excluding carboxylic acids is 2. The first-order valence-corrected chi connectivity index (χ1v) is 7.47. The molecule has 120 valence electrons. The van der Waals surface area contributed by atoms with Crippen LogP contribution >= 0.6 is 0 Å². The molecule has 2 atom stereocenters. The van der Waals surface area contributed by atoms with Crippen LogP contribution in [0.3, 0.4) is 0 Å². The van der Waals surface area contributed by atoms with Crippen LogP contribution in [-0.4, -0.2) is 31.0 Å². The Morgan fingerprint density at radius 2 is 1.62 bits per heavy atom. The second kappa shape index (κ2) is 5.45. The van der Waals surface area contributed by atoms with Crippen LogP contribution in [0.5, 0.6) is 5.75 Å². The summed E-state index contributed by atoms with van der Waals surface area (Å²) in [6.45, 7) is 0. The Kier molecular flexibility index (Phi) is 3.26. The van der Waals surface area contributed by atoms with Gasteiger partial charge in [0.1, 0.15) is 5.75 Å². The number of rotatable bonds is 3. The first kappa shape index (κ1) is 14.4. The minimum absolute atomic E-state index is 0.330. The van der Waals surface area contributed by atoms with E-state index >= 15 is 0 Å². The molecule has 4 rings (SSSR count). The van der Waals surface area contributed by atoms with Crippen LogP contribution in [0.15, 0.2) is 64.9 Å². The molecule has 2 aromatic rings. The number of ether oxygens (including phenoxy) is 1. The van der Waals surface area contributed by atoms with Gasteiger partial charge in [-0.3, -0.25) is 9.59 Å². The molecule has 0 radical (unpaired) electrons. The summed E-state index contributed by atoms with van der Waals surface area (Å²) in [5, 5.41) is 9.54. The average Bonchev–Trinajstić information content (AvgIpc) is 3.17. The van der Waals surface area contributed by atoms with Crippen LogP contribution < -0.4 is 14.6 Å². The first-order chi connectivity index (χ1) is 11.7. The molecule has 2 aliphatic heterocycles. The summed E-state index contributed by atoms with van der Waals surface area (Å²) in [6, 6.07) is 14.5. The Labute approximate surface area is 138 Å². The van der Waals surface area contributed by atoms with Gasteiger partial charge in [-0.05, 0) is 36.4 Å². The van der Waals surface area contributed by atoms with Crippen molar-refractivity contribution in [1.29, 1.82) is 0 Å². The van der Waals surface area contributed by atoms with Crippen molar-refractivity contribution in [3.05, 3.63) is 54.6 Å². The van der Waals surface area contributed by atoms with Crippen molar-refractivity contribution in [3.8, 4) is 5.75 Å². The number of benzene rings is 2. The highest BCUT2D eigenvalue weighted by Crippen LogP contribution is 2.35. The lowest BCUT2D eigenvalue weighted by atomic mass is 10.1. The summed E-state index contributed by atoms with van der Waals surface area (Å²) >= 11 is 0. The summed E-state index contributed by atoms with van der Waals surface area (Å²) in [5.74, 6) is -0.0370. The SMILES string of the molecule is COc1ccc(N2C(=O)[C@H]3N=NN(c4ccccc4)[C@H]3C2=O)cc1. The van der Waals surface area contributed by atoms with Gasteiger partial charge in [-0.1, -0.05) is 23.4 Å². The largest absolute Gasteiger partial charge is 0.497 e. The minimum atomic E-state index is -0.806. The number of anilines is 2.